The van der Waals surface area contributed by atoms with Crippen molar-refractivity contribution in [2.24, 2.45) is 11.3 Å². The number of nitrogens with zero attached hydrogens (tertiary/aromatic N) is 1. The molecule has 1 amide bonds. The maximum atomic E-state index is 11.8. The van der Waals surface area contributed by atoms with Crippen LogP contribution in [0.1, 0.15) is 40.0 Å². The molecule has 0 bridgehead atoms. The van der Waals surface area contributed by atoms with Crippen molar-refractivity contribution in [2.45, 2.75) is 40.0 Å². The average molecular weight is 263 g/mol. The lowest BCUT2D eigenvalue weighted by molar-refractivity contribution is -0.130. The second-order valence-corrected chi connectivity index (χ2v) is 5.90. The van der Waals surface area contributed by atoms with Gasteiger partial charge < -0.3 is 10.2 Å². The Labute approximate surface area is 112 Å². The molecule has 1 heterocycles. The molecule has 4 heteroatoms. The zero-order valence-electron chi connectivity index (χ0n) is 11.6. The largest absolute Gasteiger partial charge is 0.342 e. The Morgan fingerprint density at radius 1 is 1.29 bits per heavy atom. The van der Waals surface area contributed by atoms with Gasteiger partial charge in [-0.25, -0.2) is 0 Å². The van der Waals surface area contributed by atoms with Crippen LogP contribution in [0.3, 0.4) is 0 Å². The summed E-state index contributed by atoms with van der Waals surface area (Å²) in [4.78, 5) is 13.8. The molecule has 3 nitrogen and oxygen atoms in total. The van der Waals surface area contributed by atoms with Crippen molar-refractivity contribution >= 4 is 18.3 Å². The van der Waals surface area contributed by atoms with Gasteiger partial charge in [0.1, 0.15) is 0 Å². The van der Waals surface area contributed by atoms with Crippen LogP contribution in [0.5, 0.6) is 0 Å². The summed E-state index contributed by atoms with van der Waals surface area (Å²) < 4.78 is 0. The lowest BCUT2D eigenvalue weighted by Crippen LogP contribution is -2.38. The summed E-state index contributed by atoms with van der Waals surface area (Å²) in [7, 11) is 1.83. The van der Waals surface area contributed by atoms with Gasteiger partial charge in [0.15, 0.2) is 0 Å². The third-order valence-corrected chi connectivity index (χ3v) is 3.63. The van der Waals surface area contributed by atoms with Gasteiger partial charge in [-0.2, -0.15) is 0 Å². The Morgan fingerprint density at radius 3 is 2.47 bits per heavy atom. The van der Waals surface area contributed by atoms with E-state index in [4.69, 9.17) is 0 Å². The molecule has 0 aromatic carbocycles. The first-order chi connectivity index (χ1) is 7.45. The minimum atomic E-state index is 0. The fraction of sp³-hybridized carbons (Fsp3) is 0.923. The van der Waals surface area contributed by atoms with E-state index in [0.717, 1.165) is 31.8 Å². The van der Waals surface area contributed by atoms with Gasteiger partial charge in [0, 0.05) is 13.1 Å². The molecule has 1 fully saturated rings. The number of amides is 1. The average Bonchev–Trinajstić information content (AvgIpc) is 2.41. The highest BCUT2D eigenvalue weighted by atomic mass is 35.5. The molecule has 1 saturated heterocycles. The zero-order valence-corrected chi connectivity index (χ0v) is 12.4. The van der Waals surface area contributed by atoms with Gasteiger partial charge in [-0.1, -0.05) is 20.8 Å². The summed E-state index contributed by atoms with van der Waals surface area (Å²) in [6.07, 6.45) is 3.56. The van der Waals surface area contributed by atoms with E-state index in [1.165, 1.54) is 6.42 Å². The number of rotatable bonds is 2. The van der Waals surface area contributed by atoms with Crippen LogP contribution in [-0.4, -0.2) is 37.5 Å². The maximum absolute atomic E-state index is 11.8. The molecule has 0 radical (unpaired) electrons. The molecule has 17 heavy (non-hydrogen) atoms. The molecule has 1 N–H and O–H groups in total. The van der Waals surface area contributed by atoms with Crippen LogP contribution in [0, 0.1) is 11.3 Å². The van der Waals surface area contributed by atoms with Crippen LogP contribution in [0.15, 0.2) is 0 Å². The summed E-state index contributed by atoms with van der Waals surface area (Å²) in [5.74, 6) is 0.997. The number of hydrogen-bond acceptors (Lipinski definition) is 2. The molecule has 0 aromatic rings. The van der Waals surface area contributed by atoms with Gasteiger partial charge in [-0.05, 0) is 37.6 Å². The SMILES string of the molecule is CNCC(=O)N1CCCC(C(C)(C)C)CC1.Cl. The lowest BCUT2D eigenvalue weighted by Gasteiger charge is -2.29. The highest BCUT2D eigenvalue weighted by molar-refractivity contribution is 5.85. The standard InChI is InChI=1S/C13H26N2O.ClH/c1-13(2,3)11-6-5-8-15(9-7-11)12(16)10-14-4;/h11,14H,5-10H2,1-4H3;1H. The summed E-state index contributed by atoms with van der Waals surface area (Å²) in [6.45, 7) is 9.27. The molecule has 1 atom stereocenters. The predicted molar refractivity (Wildman–Crippen MR) is 74.6 cm³/mol. The summed E-state index contributed by atoms with van der Waals surface area (Å²) in [5, 5.41) is 2.94. The van der Waals surface area contributed by atoms with E-state index in [2.05, 4.69) is 26.1 Å². The van der Waals surface area contributed by atoms with Crippen molar-refractivity contribution in [1.29, 1.82) is 0 Å². The third-order valence-electron chi connectivity index (χ3n) is 3.63. The molecule has 1 unspecified atom stereocenters. The fourth-order valence-electron chi connectivity index (χ4n) is 2.47. The number of likely N-dealkylation sites (N-methyl/N-ethyl adjacent to an activating group) is 1. The molecule has 1 aliphatic heterocycles. The second-order valence-electron chi connectivity index (χ2n) is 5.90. The molecule has 0 aliphatic carbocycles. The van der Waals surface area contributed by atoms with Gasteiger partial charge in [-0.3, -0.25) is 4.79 Å². The third kappa shape index (κ3) is 5.26. The van der Waals surface area contributed by atoms with Crippen LogP contribution in [0.4, 0.5) is 0 Å². The minimum Gasteiger partial charge on any atom is -0.342 e. The van der Waals surface area contributed by atoms with E-state index in [0.29, 0.717) is 12.0 Å². The second kappa shape index (κ2) is 7.22. The van der Waals surface area contributed by atoms with Crippen molar-refractivity contribution in [3.05, 3.63) is 0 Å². The van der Waals surface area contributed by atoms with Crippen molar-refractivity contribution in [1.82, 2.24) is 10.2 Å². The summed E-state index contributed by atoms with van der Waals surface area (Å²) >= 11 is 0. The van der Waals surface area contributed by atoms with Gasteiger partial charge in [0.2, 0.25) is 5.91 Å². The summed E-state index contributed by atoms with van der Waals surface area (Å²) in [5.41, 5.74) is 0.377. The minimum absolute atomic E-state index is 0. The zero-order chi connectivity index (χ0) is 12.2. The number of halogens is 1. The van der Waals surface area contributed by atoms with Crippen molar-refractivity contribution in [3.8, 4) is 0 Å². The number of nitrogens with one attached hydrogen (secondary N) is 1. The quantitative estimate of drug-likeness (QED) is 0.828. The number of likely N-dealkylation sites (tertiary alicyclic amines) is 1. The van der Waals surface area contributed by atoms with Crippen LogP contribution in [-0.2, 0) is 4.79 Å². The molecule has 0 saturated carbocycles. The van der Waals surface area contributed by atoms with Gasteiger partial charge in [-0.15, -0.1) is 12.4 Å². The Morgan fingerprint density at radius 2 is 1.94 bits per heavy atom. The highest BCUT2D eigenvalue weighted by Crippen LogP contribution is 2.34. The molecule has 102 valence electrons. The molecule has 1 aliphatic rings. The molecule has 0 spiro atoms. The van der Waals surface area contributed by atoms with Crippen LogP contribution in [0.25, 0.3) is 0 Å². The van der Waals surface area contributed by atoms with E-state index in [1.54, 1.807) is 0 Å². The number of hydrogen-bond donors (Lipinski definition) is 1. The first-order valence-corrected chi connectivity index (χ1v) is 6.37. The number of carbonyl (C=O) groups is 1. The van der Waals surface area contributed by atoms with Gasteiger partial charge in [0.25, 0.3) is 0 Å². The van der Waals surface area contributed by atoms with Crippen molar-refractivity contribution < 1.29 is 4.79 Å². The maximum Gasteiger partial charge on any atom is 0.236 e. The van der Waals surface area contributed by atoms with Crippen LogP contribution >= 0.6 is 12.4 Å². The topological polar surface area (TPSA) is 32.3 Å². The first kappa shape index (κ1) is 16.7. The molecular formula is C13H27ClN2O. The van der Waals surface area contributed by atoms with E-state index in [-0.39, 0.29) is 18.3 Å². The fourth-order valence-corrected chi connectivity index (χ4v) is 2.47. The Hall–Kier alpha value is -0.280. The summed E-state index contributed by atoms with van der Waals surface area (Å²) in [6, 6.07) is 0. The van der Waals surface area contributed by atoms with Gasteiger partial charge >= 0.3 is 0 Å². The monoisotopic (exact) mass is 262 g/mol. The lowest BCUT2D eigenvalue weighted by atomic mass is 9.77. The molecule has 1 rings (SSSR count). The van der Waals surface area contributed by atoms with E-state index in [9.17, 15) is 4.79 Å². The number of carbonyl (C=O) groups excluding carboxylic acids is 1. The normalized spacial score (nSPS) is 21.6. The Kier molecular flexibility index (Phi) is 7.10. The Bertz CT molecular complexity index is 238. The smallest absolute Gasteiger partial charge is 0.236 e. The Balaban J connectivity index is 0.00000256. The van der Waals surface area contributed by atoms with E-state index >= 15 is 0 Å². The van der Waals surface area contributed by atoms with Crippen molar-refractivity contribution in [3.63, 3.8) is 0 Å². The van der Waals surface area contributed by atoms with Crippen molar-refractivity contribution in [2.75, 3.05) is 26.7 Å². The molecule has 0 aromatic heterocycles. The van der Waals surface area contributed by atoms with E-state index in [1.807, 2.05) is 11.9 Å². The molecular weight excluding hydrogens is 236 g/mol. The van der Waals surface area contributed by atoms with E-state index < -0.39 is 0 Å². The predicted octanol–water partition coefficient (Wildman–Crippen LogP) is 2.30. The highest BCUT2D eigenvalue weighted by Gasteiger charge is 2.28. The van der Waals surface area contributed by atoms with Crippen LogP contribution in [0.2, 0.25) is 0 Å². The van der Waals surface area contributed by atoms with Crippen LogP contribution < -0.4 is 5.32 Å². The van der Waals surface area contributed by atoms with Gasteiger partial charge in [0.05, 0.1) is 6.54 Å². The first-order valence-electron chi connectivity index (χ1n) is 6.37.